The van der Waals surface area contributed by atoms with Crippen molar-refractivity contribution in [1.82, 2.24) is 10.6 Å². The predicted molar refractivity (Wildman–Crippen MR) is 86.2 cm³/mol. The first-order valence-corrected chi connectivity index (χ1v) is 7.63. The van der Waals surface area contributed by atoms with Crippen LogP contribution in [-0.4, -0.2) is 37.2 Å². The minimum atomic E-state index is -0.556. The Morgan fingerprint density at radius 1 is 1.21 bits per heavy atom. The van der Waals surface area contributed by atoms with Crippen molar-refractivity contribution in [3.63, 3.8) is 0 Å². The third-order valence-electron chi connectivity index (χ3n) is 3.47. The molecule has 0 bridgehead atoms. The van der Waals surface area contributed by atoms with E-state index in [-0.39, 0.29) is 24.5 Å². The average molecular weight is 332 g/mol. The molecular formula is C17H20N2O5. The first-order chi connectivity index (χ1) is 11.4. The SMILES string of the molecule is CCOC(=O)C1=C(COC(=O)c2cccc(C)c2)NC(=O)NC1C. The van der Waals surface area contributed by atoms with Crippen LogP contribution in [0.3, 0.4) is 0 Å². The Kier molecular flexibility index (Phi) is 5.57. The lowest BCUT2D eigenvalue weighted by Gasteiger charge is -2.26. The number of carbonyl (C=O) groups is 3. The van der Waals surface area contributed by atoms with E-state index in [4.69, 9.17) is 9.47 Å². The van der Waals surface area contributed by atoms with Crippen molar-refractivity contribution in [1.29, 1.82) is 0 Å². The van der Waals surface area contributed by atoms with Crippen LogP contribution in [0.15, 0.2) is 35.5 Å². The predicted octanol–water partition coefficient (Wildman–Crippen LogP) is 1.67. The molecule has 0 saturated carbocycles. The van der Waals surface area contributed by atoms with Crippen LogP contribution in [0, 0.1) is 6.92 Å². The van der Waals surface area contributed by atoms with Crippen LogP contribution in [0.25, 0.3) is 0 Å². The van der Waals surface area contributed by atoms with Crippen molar-refractivity contribution in [2.24, 2.45) is 0 Å². The lowest BCUT2D eigenvalue weighted by molar-refractivity contribution is -0.139. The molecule has 2 N–H and O–H groups in total. The monoisotopic (exact) mass is 332 g/mol. The zero-order chi connectivity index (χ0) is 17.7. The molecule has 1 unspecified atom stereocenters. The Morgan fingerprint density at radius 2 is 1.96 bits per heavy atom. The second-order valence-electron chi connectivity index (χ2n) is 5.38. The molecule has 1 aliphatic rings. The van der Waals surface area contributed by atoms with Gasteiger partial charge in [0.2, 0.25) is 0 Å². The number of benzene rings is 1. The van der Waals surface area contributed by atoms with Crippen LogP contribution in [-0.2, 0) is 14.3 Å². The number of aryl methyl sites for hydroxylation is 1. The molecule has 128 valence electrons. The third kappa shape index (κ3) is 4.13. The number of hydrogen-bond acceptors (Lipinski definition) is 5. The Morgan fingerprint density at radius 3 is 2.62 bits per heavy atom. The molecule has 0 aromatic heterocycles. The molecule has 0 aliphatic carbocycles. The fourth-order valence-electron chi connectivity index (χ4n) is 2.39. The minimum absolute atomic E-state index is 0.208. The summed E-state index contributed by atoms with van der Waals surface area (Å²) in [6, 6.07) is 5.96. The summed E-state index contributed by atoms with van der Waals surface area (Å²) in [5.74, 6) is -1.09. The van der Waals surface area contributed by atoms with Crippen LogP contribution in [0.1, 0.15) is 29.8 Å². The number of ether oxygens (including phenoxy) is 2. The van der Waals surface area contributed by atoms with Gasteiger partial charge in [0.05, 0.1) is 29.5 Å². The number of amides is 2. The molecule has 1 aromatic rings. The number of rotatable bonds is 5. The van der Waals surface area contributed by atoms with Gasteiger partial charge in [-0.15, -0.1) is 0 Å². The van der Waals surface area contributed by atoms with Gasteiger partial charge in [-0.1, -0.05) is 17.7 Å². The standard InChI is InChI=1S/C17H20N2O5/c1-4-23-16(21)14-11(3)18-17(22)19-13(14)9-24-15(20)12-7-5-6-10(2)8-12/h5-8,11H,4,9H2,1-3H3,(H2,18,19,22). The van der Waals surface area contributed by atoms with Gasteiger partial charge in [0.15, 0.2) is 0 Å². The van der Waals surface area contributed by atoms with Crippen molar-refractivity contribution in [2.75, 3.05) is 13.2 Å². The fraction of sp³-hybridized carbons (Fsp3) is 0.353. The van der Waals surface area contributed by atoms with Crippen LogP contribution in [0.2, 0.25) is 0 Å². The first kappa shape index (κ1) is 17.5. The number of hydrogen-bond donors (Lipinski definition) is 2. The highest BCUT2D eigenvalue weighted by molar-refractivity contribution is 5.95. The van der Waals surface area contributed by atoms with Crippen molar-refractivity contribution in [3.8, 4) is 0 Å². The van der Waals surface area contributed by atoms with E-state index in [1.165, 1.54) is 0 Å². The maximum Gasteiger partial charge on any atom is 0.338 e. The van der Waals surface area contributed by atoms with Crippen molar-refractivity contribution < 1.29 is 23.9 Å². The highest BCUT2D eigenvalue weighted by atomic mass is 16.5. The second-order valence-corrected chi connectivity index (χ2v) is 5.38. The van der Waals surface area contributed by atoms with Crippen LogP contribution in [0.5, 0.6) is 0 Å². The molecule has 24 heavy (non-hydrogen) atoms. The lowest BCUT2D eigenvalue weighted by Crippen LogP contribution is -2.50. The van der Waals surface area contributed by atoms with Crippen molar-refractivity contribution in [3.05, 3.63) is 46.7 Å². The molecule has 1 aromatic carbocycles. The van der Waals surface area contributed by atoms with E-state index in [2.05, 4.69) is 10.6 Å². The average Bonchev–Trinajstić information content (AvgIpc) is 2.52. The molecule has 1 atom stereocenters. The number of urea groups is 1. The zero-order valence-corrected chi connectivity index (χ0v) is 13.8. The molecule has 2 rings (SSSR count). The smallest absolute Gasteiger partial charge is 0.338 e. The van der Waals surface area contributed by atoms with E-state index in [1.807, 2.05) is 13.0 Å². The molecule has 2 amide bonds. The van der Waals surface area contributed by atoms with Crippen molar-refractivity contribution in [2.45, 2.75) is 26.8 Å². The fourth-order valence-corrected chi connectivity index (χ4v) is 2.39. The van der Waals surface area contributed by atoms with Gasteiger partial charge in [0, 0.05) is 0 Å². The summed E-state index contributed by atoms with van der Waals surface area (Å²) in [7, 11) is 0. The Balaban J connectivity index is 2.17. The number of esters is 2. The van der Waals surface area contributed by atoms with Gasteiger partial charge < -0.3 is 20.1 Å². The lowest BCUT2D eigenvalue weighted by atomic mass is 10.0. The highest BCUT2D eigenvalue weighted by Gasteiger charge is 2.30. The van der Waals surface area contributed by atoms with Crippen molar-refractivity contribution >= 4 is 18.0 Å². The van der Waals surface area contributed by atoms with E-state index >= 15 is 0 Å². The summed E-state index contributed by atoms with van der Waals surface area (Å²) in [5, 5.41) is 5.08. The van der Waals surface area contributed by atoms with E-state index in [0.29, 0.717) is 5.56 Å². The van der Waals surface area contributed by atoms with Gasteiger partial charge >= 0.3 is 18.0 Å². The molecule has 1 aliphatic heterocycles. The highest BCUT2D eigenvalue weighted by Crippen LogP contribution is 2.15. The molecule has 0 saturated heterocycles. The van der Waals surface area contributed by atoms with Gasteiger partial charge in [-0.25, -0.2) is 14.4 Å². The molecule has 1 heterocycles. The van der Waals surface area contributed by atoms with Gasteiger partial charge in [-0.3, -0.25) is 0 Å². The summed E-state index contributed by atoms with van der Waals surface area (Å²) in [6.07, 6.45) is 0. The van der Waals surface area contributed by atoms with Crippen LogP contribution >= 0.6 is 0 Å². The second kappa shape index (κ2) is 7.63. The maximum absolute atomic E-state index is 12.1. The normalized spacial score (nSPS) is 17.0. The molecular weight excluding hydrogens is 312 g/mol. The largest absolute Gasteiger partial charge is 0.463 e. The molecule has 0 spiro atoms. The Hall–Kier alpha value is -2.83. The summed E-state index contributed by atoms with van der Waals surface area (Å²) >= 11 is 0. The summed E-state index contributed by atoms with van der Waals surface area (Å²) in [5.41, 5.74) is 1.81. The van der Waals surface area contributed by atoms with Gasteiger partial charge in [0.1, 0.15) is 6.61 Å². The molecule has 0 radical (unpaired) electrons. The van der Waals surface area contributed by atoms with Gasteiger partial charge in [-0.2, -0.15) is 0 Å². The summed E-state index contributed by atoms with van der Waals surface area (Å²) < 4.78 is 10.2. The Labute approximate surface area is 140 Å². The van der Waals surface area contributed by atoms with Gasteiger partial charge in [-0.05, 0) is 32.9 Å². The third-order valence-corrected chi connectivity index (χ3v) is 3.47. The van der Waals surface area contributed by atoms with Gasteiger partial charge in [0.25, 0.3) is 0 Å². The summed E-state index contributed by atoms with van der Waals surface area (Å²) in [6.45, 7) is 5.20. The quantitative estimate of drug-likeness (QED) is 0.800. The minimum Gasteiger partial charge on any atom is -0.463 e. The number of carbonyl (C=O) groups excluding carboxylic acids is 3. The molecule has 0 fully saturated rings. The molecule has 7 nitrogen and oxygen atoms in total. The first-order valence-electron chi connectivity index (χ1n) is 7.63. The van der Waals surface area contributed by atoms with Crippen LogP contribution < -0.4 is 10.6 Å². The number of nitrogens with one attached hydrogen (secondary N) is 2. The summed E-state index contributed by atoms with van der Waals surface area (Å²) in [4.78, 5) is 35.8. The van der Waals surface area contributed by atoms with E-state index in [1.54, 1.807) is 32.0 Å². The Bertz CT molecular complexity index is 696. The molecule has 7 heteroatoms. The maximum atomic E-state index is 12.1. The topological polar surface area (TPSA) is 93.7 Å². The van der Waals surface area contributed by atoms with E-state index in [9.17, 15) is 14.4 Å². The van der Waals surface area contributed by atoms with E-state index in [0.717, 1.165) is 5.56 Å². The van der Waals surface area contributed by atoms with Crippen LogP contribution in [0.4, 0.5) is 4.79 Å². The van der Waals surface area contributed by atoms with E-state index < -0.39 is 24.0 Å². The zero-order valence-electron chi connectivity index (χ0n) is 13.8.